The minimum Gasteiger partial charge on any atom is -0.362 e. The Hall–Kier alpha value is -0.940. The number of benzene rings is 2. The molecule has 1 saturated heterocycles. The highest BCUT2D eigenvalue weighted by molar-refractivity contribution is 8.21. The summed E-state index contributed by atoms with van der Waals surface area (Å²) < 4.78 is 6.00. The monoisotopic (exact) mass is 330 g/mol. The maximum absolute atomic E-state index is 11.2. The summed E-state index contributed by atoms with van der Waals surface area (Å²) in [4.78, 5) is 2.56. The Bertz CT molecular complexity index is 689. The van der Waals surface area contributed by atoms with Gasteiger partial charge in [0.2, 0.25) is 0 Å². The molecule has 2 aromatic carbocycles. The van der Waals surface area contributed by atoms with Crippen LogP contribution in [0.25, 0.3) is 0 Å². The Morgan fingerprint density at radius 3 is 2.05 bits per heavy atom. The second kappa shape index (κ2) is 4.78. The molecular weight excluding hydrogens is 312 g/mol. The lowest BCUT2D eigenvalue weighted by Gasteiger charge is -2.33. The van der Waals surface area contributed by atoms with Crippen LogP contribution in [0.2, 0.25) is 0 Å². The molecule has 2 aliphatic rings. The van der Waals surface area contributed by atoms with Gasteiger partial charge in [-0.15, -0.1) is 23.5 Å². The van der Waals surface area contributed by atoms with E-state index in [0.717, 1.165) is 5.56 Å². The van der Waals surface area contributed by atoms with Crippen LogP contribution in [-0.2, 0) is 10.5 Å². The lowest BCUT2D eigenvalue weighted by atomic mass is 9.99. The second-order valence-electron chi connectivity index (χ2n) is 6.34. The molecule has 1 atom stereocenters. The van der Waals surface area contributed by atoms with Crippen LogP contribution >= 0.6 is 23.5 Å². The molecule has 0 aromatic heterocycles. The molecule has 4 heteroatoms. The quantitative estimate of drug-likeness (QED) is 0.826. The van der Waals surface area contributed by atoms with Crippen LogP contribution in [0.3, 0.4) is 0 Å². The van der Waals surface area contributed by atoms with Crippen LogP contribution in [0.5, 0.6) is 0 Å². The van der Waals surface area contributed by atoms with Crippen LogP contribution in [0.4, 0.5) is 0 Å². The summed E-state index contributed by atoms with van der Waals surface area (Å²) in [5.74, 6) is -1.23. The smallest absolute Gasteiger partial charge is 0.195 e. The van der Waals surface area contributed by atoms with E-state index in [9.17, 15) is 5.11 Å². The number of hydrogen-bond donors (Lipinski definition) is 1. The average molecular weight is 330 g/mol. The molecule has 0 radical (unpaired) electrons. The third-order valence-electron chi connectivity index (χ3n) is 4.44. The van der Waals surface area contributed by atoms with Gasteiger partial charge in [0.15, 0.2) is 5.79 Å². The van der Waals surface area contributed by atoms with Crippen molar-refractivity contribution >= 4 is 23.5 Å². The highest BCUT2D eigenvalue weighted by Gasteiger charge is 2.64. The van der Waals surface area contributed by atoms with E-state index in [1.807, 2.05) is 53.9 Å². The van der Waals surface area contributed by atoms with Crippen molar-refractivity contribution in [2.45, 2.75) is 45.5 Å². The molecule has 1 unspecified atom stereocenters. The molecule has 0 saturated carbocycles. The molecule has 0 aliphatic carbocycles. The van der Waals surface area contributed by atoms with Gasteiger partial charge in [-0.2, -0.15) is 0 Å². The zero-order valence-electron chi connectivity index (χ0n) is 12.6. The third kappa shape index (κ3) is 2.05. The molecule has 114 valence electrons. The summed E-state index contributed by atoms with van der Waals surface area (Å²) in [6.07, 6.45) is 0.570. The Morgan fingerprint density at radius 2 is 1.45 bits per heavy atom. The SMILES string of the molecule is CC1(C)OC(O)(c2ccccc2)CC12Sc1ccccc1S2. The van der Waals surface area contributed by atoms with Crippen molar-refractivity contribution in [2.75, 3.05) is 0 Å². The zero-order valence-corrected chi connectivity index (χ0v) is 14.2. The Labute approximate surface area is 139 Å². The predicted octanol–water partition coefficient (Wildman–Crippen LogP) is 4.62. The highest BCUT2D eigenvalue weighted by Crippen LogP contribution is 2.68. The topological polar surface area (TPSA) is 29.5 Å². The molecule has 22 heavy (non-hydrogen) atoms. The molecule has 1 fully saturated rings. The number of rotatable bonds is 1. The first kappa shape index (κ1) is 14.6. The second-order valence-corrected chi connectivity index (χ2v) is 9.28. The predicted molar refractivity (Wildman–Crippen MR) is 91.0 cm³/mol. The summed E-state index contributed by atoms with van der Waals surface area (Å²) in [5.41, 5.74) is 0.392. The fraction of sp³-hybridized carbons (Fsp3) is 0.333. The molecule has 4 rings (SSSR count). The summed E-state index contributed by atoms with van der Waals surface area (Å²) in [6, 6.07) is 18.2. The van der Waals surface area contributed by atoms with Gasteiger partial charge < -0.3 is 9.84 Å². The van der Waals surface area contributed by atoms with E-state index < -0.39 is 11.4 Å². The molecule has 2 aliphatic heterocycles. The van der Waals surface area contributed by atoms with E-state index in [1.165, 1.54) is 9.79 Å². The lowest BCUT2D eigenvalue weighted by Crippen LogP contribution is -2.39. The number of hydrogen-bond acceptors (Lipinski definition) is 4. The molecule has 2 aromatic rings. The maximum atomic E-state index is 11.2. The van der Waals surface area contributed by atoms with Crippen molar-refractivity contribution in [1.82, 2.24) is 0 Å². The van der Waals surface area contributed by atoms with E-state index in [4.69, 9.17) is 4.74 Å². The highest BCUT2D eigenvalue weighted by atomic mass is 32.2. The van der Waals surface area contributed by atoms with Gasteiger partial charge in [-0.3, -0.25) is 0 Å². The first-order valence-electron chi connectivity index (χ1n) is 7.39. The molecule has 2 heterocycles. The number of fused-ring (bicyclic) bond motifs is 1. The largest absolute Gasteiger partial charge is 0.362 e. The number of ether oxygens (including phenoxy) is 1. The van der Waals surface area contributed by atoms with Crippen molar-refractivity contribution in [2.24, 2.45) is 0 Å². The van der Waals surface area contributed by atoms with E-state index in [-0.39, 0.29) is 4.08 Å². The van der Waals surface area contributed by atoms with Crippen molar-refractivity contribution in [1.29, 1.82) is 0 Å². The molecule has 1 spiro atoms. The van der Waals surface area contributed by atoms with Gasteiger partial charge in [0, 0.05) is 21.8 Å². The molecule has 2 nitrogen and oxygen atoms in total. The minimum atomic E-state index is -1.23. The van der Waals surface area contributed by atoms with Gasteiger partial charge in [0.1, 0.15) is 4.08 Å². The van der Waals surface area contributed by atoms with Crippen LogP contribution in [0, 0.1) is 0 Å². The summed E-state index contributed by atoms with van der Waals surface area (Å²) >= 11 is 3.66. The summed E-state index contributed by atoms with van der Waals surface area (Å²) in [7, 11) is 0. The van der Waals surface area contributed by atoms with Crippen molar-refractivity contribution in [3.63, 3.8) is 0 Å². The van der Waals surface area contributed by atoms with E-state index >= 15 is 0 Å². The van der Waals surface area contributed by atoms with E-state index in [2.05, 4.69) is 38.1 Å². The fourth-order valence-corrected chi connectivity index (χ4v) is 6.64. The van der Waals surface area contributed by atoms with Gasteiger partial charge >= 0.3 is 0 Å². The van der Waals surface area contributed by atoms with Crippen LogP contribution in [-0.4, -0.2) is 14.8 Å². The number of thioether (sulfide) groups is 2. The first-order valence-corrected chi connectivity index (χ1v) is 9.03. The zero-order chi connectivity index (χ0) is 15.4. The van der Waals surface area contributed by atoms with Gasteiger partial charge in [-0.05, 0) is 26.0 Å². The van der Waals surface area contributed by atoms with Crippen molar-refractivity contribution in [3.8, 4) is 0 Å². The standard InChI is InChI=1S/C18H18O2S2/c1-16(2)18(21-14-10-6-7-11-15(14)22-18)12-17(19,20-16)13-8-4-3-5-9-13/h3-11,19H,12H2,1-2H3. The normalized spacial score (nSPS) is 28.0. The van der Waals surface area contributed by atoms with Gasteiger partial charge in [0.05, 0.1) is 5.60 Å². The Morgan fingerprint density at radius 1 is 0.909 bits per heavy atom. The molecule has 0 amide bonds. The molecule has 0 bridgehead atoms. The summed E-state index contributed by atoms with van der Waals surface area (Å²) in [6.45, 7) is 4.17. The van der Waals surface area contributed by atoms with Gasteiger partial charge in [-0.1, -0.05) is 42.5 Å². The van der Waals surface area contributed by atoms with Crippen LogP contribution in [0.1, 0.15) is 25.8 Å². The third-order valence-corrected chi connectivity index (χ3v) is 8.15. The minimum absolute atomic E-state index is 0.207. The average Bonchev–Trinajstić information content (AvgIpc) is 2.95. The molecule has 1 N–H and O–H groups in total. The van der Waals surface area contributed by atoms with E-state index in [1.54, 1.807) is 0 Å². The fourth-order valence-electron chi connectivity index (χ4n) is 3.24. The summed E-state index contributed by atoms with van der Waals surface area (Å²) in [5, 5.41) is 11.2. The Balaban J connectivity index is 1.74. The maximum Gasteiger partial charge on any atom is 0.195 e. The Kier molecular flexibility index (Phi) is 3.18. The van der Waals surface area contributed by atoms with Gasteiger partial charge in [0.25, 0.3) is 0 Å². The van der Waals surface area contributed by atoms with Crippen LogP contribution in [0.15, 0.2) is 64.4 Å². The van der Waals surface area contributed by atoms with Crippen LogP contribution < -0.4 is 0 Å². The molecular formula is C18H18O2S2. The first-order chi connectivity index (χ1) is 10.4. The lowest BCUT2D eigenvalue weighted by molar-refractivity contribution is -0.223. The number of aliphatic hydroxyl groups is 1. The van der Waals surface area contributed by atoms with Crippen molar-refractivity contribution in [3.05, 3.63) is 60.2 Å². The van der Waals surface area contributed by atoms with E-state index in [0.29, 0.717) is 6.42 Å². The van der Waals surface area contributed by atoms with Gasteiger partial charge in [-0.25, -0.2) is 0 Å². The van der Waals surface area contributed by atoms with Crippen molar-refractivity contribution < 1.29 is 9.84 Å².